The summed E-state index contributed by atoms with van der Waals surface area (Å²) < 4.78 is 39.0. The molecule has 0 spiro atoms. The lowest BCUT2D eigenvalue weighted by molar-refractivity contribution is -0.137. The number of hydrogen-bond donors (Lipinski definition) is 0. The largest absolute Gasteiger partial charge is 0.493 e. The van der Waals surface area contributed by atoms with Gasteiger partial charge in [-0.2, -0.15) is 9.41 Å². The van der Waals surface area contributed by atoms with Crippen LogP contribution in [0.15, 0.2) is 56.9 Å². The van der Waals surface area contributed by atoms with E-state index in [2.05, 4.69) is 15.9 Å². The Labute approximate surface area is 208 Å². The summed E-state index contributed by atoms with van der Waals surface area (Å²) in [5, 5.41) is 6.28. The van der Waals surface area contributed by atoms with Crippen LogP contribution in [0.3, 0.4) is 0 Å². The van der Waals surface area contributed by atoms with Gasteiger partial charge in [-0.05, 0) is 73.0 Å². The molecule has 2 aromatic carbocycles. The van der Waals surface area contributed by atoms with Crippen LogP contribution in [0.25, 0.3) is 0 Å². The third-order valence-electron chi connectivity index (χ3n) is 6.42. The standard InChI is InChI=1S/C24H28BrN3O5S/c1-24(2)22(16-9-10-19(32-3)20(15-16)33-4)26-28(23(24)29)17-11-13-27(14-12-17)34(30,31)21-8-6-5-7-18(21)25/h5-10,15,17H,11-14H2,1-4H3. The number of carbonyl (C=O) groups is 1. The number of rotatable bonds is 6. The molecule has 1 amide bonds. The minimum atomic E-state index is -3.62. The fraction of sp³-hybridized carbons (Fsp3) is 0.417. The monoisotopic (exact) mass is 549 g/mol. The second-order valence-electron chi connectivity index (χ2n) is 8.86. The van der Waals surface area contributed by atoms with Crippen molar-refractivity contribution in [1.82, 2.24) is 9.31 Å². The number of benzene rings is 2. The van der Waals surface area contributed by atoms with E-state index >= 15 is 0 Å². The van der Waals surface area contributed by atoms with E-state index in [-0.39, 0.29) is 16.8 Å². The summed E-state index contributed by atoms with van der Waals surface area (Å²) in [6.07, 6.45) is 1.02. The number of hydrazone groups is 1. The van der Waals surface area contributed by atoms with Gasteiger partial charge in [0.05, 0.1) is 36.3 Å². The maximum Gasteiger partial charge on any atom is 0.254 e. The lowest BCUT2D eigenvalue weighted by Crippen LogP contribution is -2.47. The first-order valence-corrected chi connectivity index (χ1v) is 13.2. The number of sulfonamides is 1. The molecule has 4 rings (SSSR count). The maximum absolute atomic E-state index is 13.3. The van der Waals surface area contributed by atoms with Crippen LogP contribution in [0.4, 0.5) is 0 Å². The highest BCUT2D eigenvalue weighted by Gasteiger charge is 2.47. The molecule has 0 radical (unpaired) electrons. The summed E-state index contributed by atoms with van der Waals surface area (Å²) in [6.45, 7) is 4.36. The third kappa shape index (κ3) is 4.23. The average molecular weight is 550 g/mol. The van der Waals surface area contributed by atoms with Crippen LogP contribution >= 0.6 is 15.9 Å². The predicted octanol–water partition coefficient (Wildman–Crippen LogP) is 3.89. The fourth-order valence-electron chi connectivity index (χ4n) is 4.44. The van der Waals surface area contributed by atoms with Gasteiger partial charge in [-0.15, -0.1) is 0 Å². The van der Waals surface area contributed by atoms with Gasteiger partial charge < -0.3 is 9.47 Å². The normalized spacial score (nSPS) is 19.3. The molecule has 10 heteroatoms. The minimum Gasteiger partial charge on any atom is -0.493 e. The summed E-state index contributed by atoms with van der Waals surface area (Å²) in [7, 11) is -0.484. The average Bonchev–Trinajstić information content (AvgIpc) is 3.07. The highest BCUT2D eigenvalue weighted by Crippen LogP contribution is 2.38. The number of halogens is 1. The Morgan fingerprint density at radius 2 is 1.68 bits per heavy atom. The van der Waals surface area contributed by atoms with E-state index in [1.165, 1.54) is 4.31 Å². The number of methoxy groups -OCH3 is 2. The van der Waals surface area contributed by atoms with Gasteiger partial charge in [-0.1, -0.05) is 12.1 Å². The predicted molar refractivity (Wildman–Crippen MR) is 133 cm³/mol. The SMILES string of the molecule is COc1ccc(C2=NN(C3CCN(S(=O)(=O)c4ccccc4Br)CC3)C(=O)C2(C)C)cc1OC. The maximum atomic E-state index is 13.3. The molecule has 0 saturated carbocycles. The van der Waals surface area contributed by atoms with Crippen molar-refractivity contribution in [1.29, 1.82) is 0 Å². The first kappa shape index (κ1) is 24.7. The molecule has 2 heterocycles. The minimum absolute atomic E-state index is 0.0932. The quantitative estimate of drug-likeness (QED) is 0.545. The van der Waals surface area contributed by atoms with E-state index in [9.17, 15) is 13.2 Å². The van der Waals surface area contributed by atoms with Gasteiger partial charge in [0, 0.05) is 23.1 Å². The van der Waals surface area contributed by atoms with E-state index < -0.39 is 15.4 Å². The Morgan fingerprint density at radius 3 is 2.29 bits per heavy atom. The Bertz CT molecular complexity index is 1240. The molecular formula is C24H28BrN3O5S. The van der Waals surface area contributed by atoms with Crippen molar-refractivity contribution in [3.8, 4) is 11.5 Å². The van der Waals surface area contributed by atoms with E-state index in [0.29, 0.717) is 47.6 Å². The van der Waals surface area contributed by atoms with Crippen molar-refractivity contribution in [3.63, 3.8) is 0 Å². The number of nitrogens with zero attached hydrogens (tertiary/aromatic N) is 3. The molecule has 0 bridgehead atoms. The number of piperidine rings is 1. The van der Waals surface area contributed by atoms with E-state index in [1.807, 2.05) is 26.0 Å². The zero-order valence-electron chi connectivity index (χ0n) is 19.6. The molecule has 34 heavy (non-hydrogen) atoms. The third-order valence-corrected chi connectivity index (χ3v) is 9.33. The number of ether oxygens (including phenoxy) is 2. The van der Waals surface area contributed by atoms with Crippen molar-refractivity contribution >= 4 is 37.6 Å². The fourth-order valence-corrected chi connectivity index (χ4v) is 6.87. The van der Waals surface area contributed by atoms with E-state index in [0.717, 1.165) is 5.56 Å². The van der Waals surface area contributed by atoms with Crippen LogP contribution in [0.1, 0.15) is 32.3 Å². The van der Waals surface area contributed by atoms with Crippen molar-refractivity contribution in [2.45, 2.75) is 37.6 Å². The van der Waals surface area contributed by atoms with E-state index in [4.69, 9.17) is 14.6 Å². The molecule has 8 nitrogen and oxygen atoms in total. The van der Waals surface area contributed by atoms with Crippen LogP contribution in [0.2, 0.25) is 0 Å². The molecule has 1 saturated heterocycles. The van der Waals surface area contributed by atoms with Crippen molar-refractivity contribution in [2.75, 3.05) is 27.3 Å². The van der Waals surface area contributed by atoms with Gasteiger partial charge in [-0.3, -0.25) is 4.79 Å². The molecule has 182 valence electrons. The molecular weight excluding hydrogens is 522 g/mol. The summed E-state index contributed by atoms with van der Waals surface area (Å²) in [6, 6.07) is 12.1. The first-order valence-electron chi connectivity index (χ1n) is 11.0. The molecule has 2 aromatic rings. The summed E-state index contributed by atoms with van der Waals surface area (Å²) in [5.41, 5.74) is 0.617. The van der Waals surface area contributed by atoms with Crippen LogP contribution < -0.4 is 9.47 Å². The second-order valence-corrected chi connectivity index (χ2v) is 11.6. The lowest BCUT2D eigenvalue weighted by atomic mass is 9.83. The Kier molecular flexibility index (Phi) is 6.76. The topological polar surface area (TPSA) is 88.5 Å². The lowest BCUT2D eigenvalue weighted by Gasteiger charge is -2.35. The Hall–Kier alpha value is -2.43. The molecule has 2 aliphatic rings. The van der Waals surface area contributed by atoms with Gasteiger partial charge in [0.25, 0.3) is 5.91 Å². The first-order chi connectivity index (χ1) is 16.1. The van der Waals surface area contributed by atoms with Crippen molar-refractivity contribution in [3.05, 3.63) is 52.5 Å². The Balaban J connectivity index is 1.55. The molecule has 0 aliphatic carbocycles. The van der Waals surface area contributed by atoms with E-state index in [1.54, 1.807) is 49.6 Å². The second kappa shape index (κ2) is 9.31. The summed E-state index contributed by atoms with van der Waals surface area (Å²) in [5.74, 6) is 1.07. The number of hydrogen-bond acceptors (Lipinski definition) is 6. The van der Waals surface area contributed by atoms with Crippen LogP contribution in [-0.2, 0) is 14.8 Å². The molecule has 0 atom stereocenters. The zero-order valence-corrected chi connectivity index (χ0v) is 22.0. The summed E-state index contributed by atoms with van der Waals surface area (Å²) in [4.78, 5) is 13.6. The van der Waals surface area contributed by atoms with Gasteiger partial charge >= 0.3 is 0 Å². The number of amides is 1. The van der Waals surface area contributed by atoms with Crippen LogP contribution in [0.5, 0.6) is 11.5 Å². The molecule has 0 aromatic heterocycles. The van der Waals surface area contributed by atoms with Crippen LogP contribution in [-0.4, -0.2) is 62.7 Å². The summed E-state index contributed by atoms with van der Waals surface area (Å²) >= 11 is 3.34. The van der Waals surface area contributed by atoms with Crippen molar-refractivity contribution in [2.24, 2.45) is 10.5 Å². The van der Waals surface area contributed by atoms with Gasteiger partial charge in [0.2, 0.25) is 10.0 Å². The smallest absolute Gasteiger partial charge is 0.254 e. The Morgan fingerprint density at radius 1 is 1.03 bits per heavy atom. The molecule has 1 fully saturated rings. The molecule has 0 N–H and O–H groups in total. The van der Waals surface area contributed by atoms with Crippen molar-refractivity contribution < 1.29 is 22.7 Å². The molecule has 0 unspecified atom stereocenters. The highest BCUT2D eigenvalue weighted by molar-refractivity contribution is 9.10. The van der Waals surface area contributed by atoms with Gasteiger partial charge in [-0.25, -0.2) is 13.4 Å². The molecule has 2 aliphatic heterocycles. The zero-order chi connectivity index (χ0) is 24.7. The van der Waals surface area contributed by atoms with Gasteiger partial charge in [0.15, 0.2) is 11.5 Å². The van der Waals surface area contributed by atoms with Crippen LogP contribution in [0, 0.1) is 5.41 Å². The van der Waals surface area contributed by atoms with Gasteiger partial charge in [0.1, 0.15) is 0 Å². The highest BCUT2D eigenvalue weighted by atomic mass is 79.9. The number of carbonyl (C=O) groups excluding carboxylic acids is 1.